The van der Waals surface area contributed by atoms with Crippen molar-refractivity contribution in [1.82, 2.24) is 0 Å². The van der Waals surface area contributed by atoms with Crippen molar-refractivity contribution in [3.05, 3.63) is 64.2 Å². The minimum Gasteiger partial charge on any atom is -0.384 e. The first-order chi connectivity index (χ1) is 9.09. The molecule has 2 nitrogen and oxygen atoms in total. The molecule has 19 heavy (non-hydrogen) atoms. The number of hydrogen-bond donors (Lipinski definition) is 2. The summed E-state index contributed by atoms with van der Waals surface area (Å²) >= 11 is 7.75. The normalized spacial score (nSPS) is 10.4. The second-order valence-corrected chi connectivity index (χ2v) is 5.67. The largest absolute Gasteiger partial charge is 0.384 e. The van der Waals surface area contributed by atoms with E-state index in [2.05, 4.69) is 19.1 Å². The summed E-state index contributed by atoms with van der Waals surface area (Å²) in [6, 6.07) is 13.9. The molecule has 0 bridgehead atoms. The van der Waals surface area contributed by atoms with Gasteiger partial charge in [-0.1, -0.05) is 41.9 Å². The molecule has 3 N–H and O–H groups in total. The first kappa shape index (κ1) is 14.0. The number of aryl methyl sites for hydroxylation is 1. The van der Waals surface area contributed by atoms with Gasteiger partial charge in [-0.05, 0) is 30.2 Å². The number of nitrogen functional groups attached to an aromatic ring is 1. The number of hydrogen-bond acceptors (Lipinski definition) is 2. The van der Waals surface area contributed by atoms with Gasteiger partial charge in [0.1, 0.15) is 5.84 Å². The van der Waals surface area contributed by atoms with Crippen LogP contribution in [0.5, 0.6) is 0 Å². The molecule has 0 saturated carbocycles. The van der Waals surface area contributed by atoms with E-state index in [1.54, 1.807) is 17.8 Å². The van der Waals surface area contributed by atoms with Crippen LogP contribution in [0.25, 0.3) is 0 Å². The van der Waals surface area contributed by atoms with Crippen molar-refractivity contribution >= 4 is 29.2 Å². The van der Waals surface area contributed by atoms with Crippen molar-refractivity contribution in [3.8, 4) is 0 Å². The van der Waals surface area contributed by atoms with E-state index in [1.165, 1.54) is 11.1 Å². The smallest absolute Gasteiger partial charge is 0.125 e. The summed E-state index contributed by atoms with van der Waals surface area (Å²) < 4.78 is 0. The SMILES string of the molecule is Cc1ccccc1CSc1cccc(Cl)c1C(=N)N. The zero-order valence-electron chi connectivity index (χ0n) is 10.6. The van der Waals surface area contributed by atoms with E-state index < -0.39 is 0 Å². The van der Waals surface area contributed by atoms with Crippen LogP contribution in [0.4, 0.5) is 0 Å². The maximum absolute atomic E-state index is 7.62. The minimum absolute atomic E-state index is 0.0119. The van der Waals surface area contributed by atoms with Crippen molar-refractivity contribution in [2.24, 2.45) is 5.73 Å². The summed E-state index contributed by atoms with van der Waals surface area (Å²) in [6.07, 6.45) is 0. The number of thioether (sulfide) groups is 1. The number of amidine groups is 1. The highest BCUT2D eigenvalue weighted by Crippen LogP contribution is 2.31. The molecule has 0 heterocycles. The van der Waals surface area contributed by atoms with Gasteiger partial charge in [0.25, 0.3) is 0 Å². The Morgan fingerprint density at radius 3 is 2.63 bits per heavy atom. The van der Waals surface area contributed by atoms with Gasteiger partial charge in [-0.2, -0.15) is 0 Å². The predicted octanol–water partition coefficient (Wildman–Crippen LogP) is 4.22. The van der Waals surface area contributed by atoms with Crippen LogP contribution in [0.1, 0.15) is 16.7 Å². The molecule has 0 aliphatic rings. The third-order valence-corrected chi connectivity index (χ3v) is 4.31. The molecule has 98 valence electrons. The Morgan fingerprint density at radius 1 is 1.21 bits per heavy atom. The fourth-order valence-corrected chi connectivity index (χ4v) is 3.32. The van der Waals surface area contributed by atoms with E-state index in [0.717, 1.165) is 10.6 Å². The molecule has 0 unspecified atom stereocenters. The number of benzene rings is 2. The fourth-order valence-electron chi connectivity index (χ4n) is 1.81. The molecule has 0 aromatic heterocycles. The molecule has 0 aliphatic carbocycles. The molecule has 0 saturated heterocycles. The highest BCUT2D eigenvalue weighted by Gasteiger charge is 2.10. The van der Waals surface area contributed by atoms with Gasteiger partial charge >= 0.3 is 0 Å². The molecule has 2 aromatic rings. The quantitative estimate of drug-likeness (QED) is 0.503. The van der Waals surface area contributed by atoms with Crippen LogP contribution in [0.3, 0.4) is 0 Å². The average Bonchev–Trinajstić information content (AvgIpc) is 2.37. The number of rotatable bonds is 4. The van der Waals surface area contributed by atoms with Crippen LogP contribution in [0.2, 0.25) is 5.02 Å². The summed E-state index contributed by atoms with van der Waals surface area (Å²) in [5.74, 6) is 0.853. The fraction of sp³-hybridized carbons (Fsp3) is 0.133. The second kappa shape index (κ2) is 6.13. The van der Waals surface area contributed by atoms with Gasteiger partial charge in [-0.3, -0.25) is 5.41 Å². The Morgan fingerprint density at radius 2 is 1.95 bits per heavy atom. The first-order valence-electron chi connectivity index (χ1n) is 5.90. The lowest BCUT2D eigenvalue weighted by Gasteiger charge is -2.10. The number of nitrogens with one attached hydrogen (secondary N) is 1. The second-order valence-electron chi connectivity index (χ2n) is 4.24. The topological polar surface area (TPSA) is 49.9 Å². The van der Waals surface area contributed by atoms with Crippen LogP contribution in [0.15, 0.2) is 47.4 Å². The molecular weight excluding hydrogens is 276 g/mol. The van der Waals surface area contributed by atoms with E-state index in [0.29, 0.717) is 10.6 Å². The monoisotopic (exact) mass is 290 g/mol. The Bertz CT molecular complexity index is 611. The summed E-state index contributed by atoms with van der Waals surface area (Å²) in [4.78, 5) is 0.947. The Labute approximate surface area is 122 Å². The molecule has 0 amide bonds. The highest BCUT2D eigenvalue weighted by atomic mass is 35.5. The average molecular weight is 291 g/mol. The minimum atomic E-state index is 0.0119. The summed E-state index contributed by atoms with van der Waals surface area (Å²) in [5, 5.41) is 8.15. The van der Waals surface area contributed by atoms with E-state index in [4.69, 9.17) is 22.7 Å². The van der Waals surface area contributed by atoms with Crippen LogP contribution < -0.4 is 5.73 Å². The molecule has 0 fully saturated rings. The summed E-state index contributed by atoms with van der Waals surface area (Å²) in [5.41, 5.74) is 8.77. The molecule has 2 rings (SSSR count). The lowest BCUT2D eigenvalue weighted by Crippen LogP contribution is -2.13. The predicted molar refractivity (Wildman–Crippen MR) is 83.2 cm³/mol. The van der Waals surface area contributed by atoms with Gasteiger partial charge in [0.2, 0.25) is 0 Å². The highest BCUT2D eigenvalue weighted by molar-refractivity contribution is 7.98. The van der Waals surface area contributed by atoms with E-state index in [-0.39, 0.29) is 5.84 Å². The van der Waals surface area contributed by atoms with E-state index in [9.17, 15) is 0 Å². The molecule has 0 atom stereocenters. The Balaban J connectivity index is 2.23. The van der Waals surface area contributed by atoms with Gasteiger partial charge in [0, 0.05) is 16.2 Å². The van der Waals surface area contributed by atoms with Gasteiger partial charge < -0.3 is 5.73 Å². The maximum Gasteiger partial charge on any atom is 0.125 e. The van der Waals surface area contributed by atoms with Crippen LogP contribution in [-0.4, -0.2) is 5.84 Å². The third-order valence-electron chi connectivity index (χ3n) is 2.89. The van der Waals surface area contributed by atoms with Crippen molar-refractivity contribution < 1.29 is 0 Å². The van der Waals surface area contributed by atoms with Crippen molar-refractivity contribution in [2.75, 3.05) is 0 Å². The lowest BCUT2D eigenvalue weighted by molar-refractivity contribution is 1.29. The van der Waals surface area contributed by atoms with Gasteiger partial charge in [-0.25, -0.2) is 0 Å². The zero-order valence-corrected chi connectivity index (χ0v) is 12.2. The molecule has 0 aliphatic heterocycles. The van der Waals surface area contributed by atoms with E-state index in [1.807, 2.05) is 24.3 Å². The van der Waals surface area contributed by atoms with Crippen LogP contribution >= 0.6 is 23.4 Å². The Kier molecular flexibility index (Phi) is 4.51. The van der Waals surface area contributed by atoms with Crippen molar-refractivity contribution in [2.45, 2.75) is 17.6 Å². The van der Waals surface area contributed by atoms with Gasteiger partial charge in [-0.15, -0.1) is 11.8 Å². The van der Waals surface area contributed by atoms with Crippen molar-refractivity contribution in [3.63, 3.8) is 0 Å². The maximum atomic E-state index is 7.62. The summed E-state index contributed by atoms with van der Waals surface area (Å²) in [6.45, 7) is 2.10. The van der Waals surface area contributed by atoms with E-state index >= 15 is 0 Å². The number of halogens is 1. The zero-order chi connectivity index (χ0) is 13.8. The first-order valence-corrected chi connectivity index (χ1v) is 7.26. The number of nitrogens with two attached hydrogens (primary N) is 1. The van der Waals surface area contributed by atoms with Crippen LogP contribution in [0, 0.1) is 12.3 Å². The van der Waals surface area contributed by atoms with Crippen molar-refractivity contribution in [1.29, 1.82) is 5.41 Å². The molecule has 0 radical (unpaired) electrons. The van der Waals surface area contributed by atoms with Gasteiger partial charge in [0.15, 0.2) is 0 Å². The third kappa shape index (κ3) is 3.31. The molecule has 0 spiro atoms. The summed E-state index contributed by atoms with van der Waals surface area (Å²) in [7, 11) is 0. The molecule has 2 aromatic carbocycles. The standard InChI is InChI=1S/C15H15ClN2S/c1-10-5-2-3-6-11(10)9-19-13-8-4-7-12(16)14(13)15(17)18/h2-8H,9H2,1H3,(H3,17,18). The van der Waals surface area contributed by atoms with Gasteiger partial charge in [0.05, 0.1) is 5.02 Å². The molecule has 4 heteroatoms. The molecular formula is C15H15ClN2S. The lowest BCUT2D eigenvalue weighted by atomic mass is 10.1. The Hall–Kier alpha value is -1.45. The van der Waals surface area contributed by atoms with Crippen LogP contribution in [-0.2, 0) is 5.75 Å².